The van der Waals surface area contributed by atoms with E-state index >= 15 is 0 Å². The van der Waals surface area contributed by atoms with Gasteiger partial charge in [0.15, 0.2) is 5.96 Å². The van der Waals surface area contributed by atoms with E-state index < -0.39 is 0 Å². The van der Waals surface area contributed by atoms with E-state index in [1.807, 2.05) is 14.0 Å². The van der Waals surface area contributed by atoms with Crippen LogP contribution in [-0.2, 0) is 4.74 Å². The van der Waals surface area contributed by atoms with Gasteiger partial charge < -0.3 is 25.2 Å². The fraction of sp³-hybridized carbons (Fsp3) is 0.652. The largest absolute Gasteiger partial charge is 0.450 e. The number of nitrogens with zero attached hydrogens (tertiary/aromatic N) is 4. The maximum absolute atomic E-state index is 11.8. The van der Waals surface area contributed by atoms with Crippen molar-refractivity contribution in [3.63, 3.8) is 0 Å². The summed E-state index contributed by atoms with van der Waals surface area (Å²) in [6, 6.07) is 11.0. The van der Waals surface area contributed by atoms with Crippen molar-refractivity contribution in [1.29, 1.82) is 0 Å². The third-order valence-corrected chi connectivity index (χ3v) is 6.02. The first kappa shape index (κ1) is 26.5. The SMILES string of the molecule is CCOC(=O)N1CCC(NC(=NC)NCCCN2CCN(c3ccccc3)CC2)CC1.I. The average Bonchev–Trinajstić information content (AvgIpc) is 2.82. The molecule has 0 radical (unpaired) electrons. The number of ether oxygens (including phenoxy) is 1. The molecule has 0 aliphatic carbocycles. The third-order valence-electron chi connectivity index (χ3n) is 6.02. The second-order valence-electron chi connectivity index (χ2n) is 8.12. The molecule has 2 saturated heterocycles. The van der Waals surface area contributed by atoms with Crippen molar-refractivity contribution in [2.24, 2.45) is 4.99 Å². The first-order chi connectivity index (χ1) is 15.2. The Morgan fingerprint density at radius 3 is 2.41 bits per heavy atom. The summed E-state index contributed by atoms with van der Waals surface area (Å²) in [5.41, 5.74) is 1.33. The number of aliphatic imine (C=N–C) groups is 1. The van der Waals surface area contributed by atoms with Crippen molar-refractivity contribution < 1.29 is 9.53 Å². The van der Waals surface area contributed by atoms with E-state index in [4.69, 9.17) is 4.74 Å². The van der Waals surface area contributed by atoms with Gasteiger partial charge in [-0.05, 0) is 44.9 Å². The number of nitrogens with one attached hydrogen (secondary N) is 2. The second kappa shape index (κ2) is 14.4. The van der Waals surface area contributed by atoms with Gasteiger partial charge in [-0.3, -0.25) is 9.89 Å². The zero-order chi connectivity index (χ0) is 21.9. The Morgan fingerprint density at radius 2 is 1.78 bits per heavy atom. The Balaban J connectivity index is 0.00000363. The van der Waals surface area contributed by atoms with Gasteiger partial charge >= 0.3 is 6.09 Å². The van der Waals surface area contributed by atoms with E-state index in [1.165, 1.54) is 5.69 Å². The Hall–Kier alpha value is -1.75. The van der Waals surface area contributed by atoms with Gasteiger partial charge in [0.2, 0.25) is 0 Å². The number of rotatable bonds is 7. The van der Waals surface area contributed by atoms with Crippen molar-refractivity contribution in [3.8, 4) is 0 Å². The highest BCUT2D eigenvalue weighted by molar-refractivity contribution is 14.0. The van der Waals surface area contributed by atoms with Crippen molar-refractivity contribution >= 4 is 41.7 Å². The van der Waals surface area contributed by atoms with Crippen LogP contribution in [0.25, 0.3) is 0 Å². The molecule has 3 rings (SSSR count). The van der Waals surface area contributed by atoms with Crippen LogP contribution in [0.4, 0.5) is 10.5 Å². The molecule has 2 N–H and O–H groups in total. The Bertz CT molecular complexity index is 689. The minimum absolute atomic E-state index is 0. The number of amides is 1. The number of guanidine groups is 1. The molecule has 2 heterocycles. The van der Waals surface area contributed by atoms with E-state index in [9.17, 15) is 4.79 Å². The van der Waals surface area contributed by atoms with Crippen LogP contribution < -0.4 is 15.5 Å². The molecule has 8 nitrogen and oxygen atoms in total. The van der Waals surface area contributed by atoms with Gasteiger partial charge in [-0.25, -0.2) is 4.79 Å². The minimum atomic E-state index is -0.201. The lowest BCUT2D eigenvalue weighted by molar-refractivity contribution is 0.0963. The van der Waals surface area contributed by atoms with Crippen LogP contribution in [0.2, 0.25) is 0 Å². The maximum Gasteiger partial charge on any atom is 0.409 e. The van der Waals surface area contributed by atoms with Crippen LogP contribution in [0.3, 0.4) is 0 Å². The smallest absolute Gasteiger partial charge is 0.409 e. The molecule has 0 bridgehead atoms. The topological polar surface area (TPSA) is 72.4 Å². The summed E-state index contributed by atoms with van der Waals surface area (Å²) >= 11 is 0. The molecule has 9 heteroatoms. The normalized spacial score (nSPS) is 18.1. The number of hydrogen-bond acceptors (Lipinski definition) is 5. The van der Waals surface area contributed by atoms with Crippen LogP contribution in [0.15, 0.2) is 35.3 Å². The van der Waals surface area contributed by atoms with Crippen molar-refractivity contribution in [1.82, 2.24) is 20.4 Å². The summed E-state index contributed by atoms with van der Waals surface area (Å²) in [5, 5.41) is 6.94. The number of halogens is 1. The lowest BCUT2D eigenvalue weighted by Crippen LogP contribution is -2.50. The summed E-state index contributed by atoms with van der Waals surface area (Å²) in [7, 11) is 1.81. The molecule has 0 atom stereocenters. The summed E-state index contributed by atoms with van der Waals surface area (Å²) in [6.45, 7) is 10.1. The minimum Gasteiger partial charge on any atom is -0.450 e. The van der Waals surface area contributed by atoms with Gasteiger partial charge in [0.1, 0.15) is 0 Å². The molecule has 32 heavy (non-hydrogen) atoms. The number of carbonyl (C=O) groups is 1. The van der Waals surface area contributed by atoms with Gasteiger partial charge in [0, 0.05) is 64.6 Å². The van der Waals surface area contributed by atoms with E-state index in [1.54, 1.807) is 4.90 Å². The number of piperazine rings is 1. The maximum atomic E-state index is 11.8. The van der Waals surface area contributed by atoms with Crippen molar-refractivity contribution in [3.05, 3.63) is 30.3 Å². The zero-order valence-electron chi connectivity index (χ0n) is 19.5. The van der Waals surface area contributed by atoms with Gasteiger partial charge in [-0.1, -0.05) is 18.2 Å². The molecule has 0 unspecified atom stereocenters. The lowest BCUT2D eigenvalue weighted by atomic mass is 10.1. The monoisotopic (exact) mass is 558 g/mol. The molecule has 1 aromatic carbocycles. The molecule has 1 aromatic rings. The predicted molar refractivity (Wildman–Crippen MR) is 141 cm³/mol. The highest BCUT2D eigenvalue weighted by atomic mass is 127. The van der Waals surface area contributed by atoms with Gasteiger partial charge in [0.05, 0.1) is 6.61 Å². The summed E-state index contributed by atoms with van der Waals surface area (Å²) in [4.78, 5) is 23.0. The quantitative estimate of drug-likeness (QED) is 0.232. The summed E-state index contributed by atoms with van der Waals surface area (Å²) in [5.74, 6) is 0.850. The van der Waals surface area contributed by atoms with Gasteiger partial charge in [-0.15, -0.1) is 24.0 Å². The molecule has 0 saturated carbocycles. The number of likely N-dealkylation sites (tertiary alicyclic amines) is 1. The molecule has 2 aliphatic rings. The Kier molecular flexibility index (Phi) is 11.9. The van der Waals surface area contributed by atoms with Crippen LogP contribution in [0, 0.1) is 0 Å². The average molecular weight is 559 g/mol. The fourth-order valence-corrected chi connectivity index (χ4v) is 4.19. The van der Waals surface area contributed by atoms with Crippen LogP contribution in [0.5, 0.6) is 0 Å². The Labute approximate surface area is 209 Å². The van der Waals surface area contributed by atoms with E-state index in [0.717, 1.165) is 77.6 Å². The number of hydrogen-bond donors (Lipinski definition) is 2. The van der Waals surface area contributed by atoms with Crippen LogP contribution in [0.1, 0.15) is 26.2 Å². The number of para-hydroxylation sites is 1. The molecular weight excluding hydrogens is 519 g/mol. The highest BCUT2D eigenvalue weighted by Gasteiger charge is 2.24. The standard InChI is InChI=1S/C23H38N6O2.HI/c1-3-31-23(30)29-14-10-20(11-15-29)26-22(24-2)25-12-7-13-27-16-18-28(19-17-27)21-8-5-4-6-9-21;/h4-6,8-9,20H,3,7,10-19H2,1-2H3,(H2,24,25,26);1H. The zero-order valence-corrected chi connectivity index (χ0v) is 21.8. The van der Waals surface area contributed by atoms with E-state index in [2.05, 4.69) is 55.8 Å². The molecular formula is C23H39IN6O2. The van der Waals surface area contributed by atoms with E-state index in [-0.39, 0.29) is 30.1 Å². The number of carbonyl (C=O) groups excluding carboxylic acids is 1. The van der Waals surface area contributed by atoms with Crippen LogP contribution >= 0.6 is 24.0 Å². The third kappa shape index (κ3) is 8.31. The first-order valence-electron chi connectivity index (χ1n) is 11.6. The highest BCUT2D eigenvalue weighted by Crippen LogP contribution is 2.15. The van der Waals surface area contributed by atoms with Crippen LogP contribution in [-0.4, -0.2) is 93.9 Å². The molecule has 2 fully saturated rings. The fourth-order valence-electron chi connectivity index (χ4n) is 4.19. The Morgan fingerprint density at radius 1 is 1.09 bits per heavy atom. The second-order valence-corrected chi connectivity index (χ2v) is 8.12. The van der Waals surface area contributed by atoms with Gasteiger partial charge in [0.25, 0.3) is 0 Å². The predicted octanol–water partition coefficient (Wildman–Crippen LogP) is 2.60. The molecule has 0 spiro atoms. The molecule has 2 aliphatic heterocycles. The van der Waals surface area contributed by atoms with E-state index in [0.29, 0.717) is 12.6 Å². The van der Waals surface area contributed by atoms with Gasteiger partial charge in [-0.2, -0.15) is 0 Å². The summed E-state index contributed by atoms with van der Waals surface area (Å²) in [6.07, 6.45) is 2.71. The molecule has 1 amide bonds. The number of benzene rings is 1. The molecule has 180 valence electrons. The molecule has 0 aromatic heterocycles. The first-order valence-corrected chi connectivity index (χ1v) is 11.6. The number of piperidine rings is 1. The lowest BCUT2D eigenvalue weighted by Gasteiger charge is -2.36. The summed E-state index contributed by atoms with van der Waals surface area (Å²) < 4.78 is 5.09. The van der Waals surface area contributed by atoms with Crippen molar-refractivity contribution in [2.75, 3.05) is 70.9 Å². The number of anilines is 1. The van der Waals surface area contributed by atoms with Crippen molar-refractivity contribution in [2.45, 2.75) is 32.2 Å².